The van der Waals surface area contributed by atoms with Gasteiger partial charge in [-0.3, -0.25) is 4.68 Å². The van der Waals surface area contributed by atoms with E-state index in [4.69, 9.17) is 11.6 Å². The lowest BCUT2D eigenvalue weighted by atomic mass is 9.75. The van der Waals surface area contributed by atoms with Crippen molar-refractivity contribution in [3.8, 4) is 0 Å². The summed E-state index contributed by atoms with van der Waals surface area (Å²) in [6.45, 7) is 10.6. The van der Waals surface area contributed by atoms with Gasteiger partial charge in [0.05, 0.1) is 16.9 Å². The van der Waals surface area contributed by atoms with Gasteiger partial charge in [-0.05, 0) is 18.8 Å². The van der Waals surface area contributed by atoms with E-state index in [1.54, 1.807) is 17.8 Å². The molecule has 92 valence electrons. The van der Waals surface area contributed by atoms with Crippen molar-refractivity contribution in [2.75, 3.05) is 0 Å². The van der Waals surface area contributed by atoms with Crippen LogP contribution in [0.1, 0.15) is 46.7 Å². The van der Waals surface area contributed by atoms with Crippen molar-refractivity contribution < 1.29 is 5.11 Å². The van der Waals surface area contributed by atoms with Crippen LogP contribution in [0.25, 0.3) is 0 Å². The molecule has 0 amide bonds. The van der Waals surface area contributed by atoms with E-state index in [0.717, 1.165) is 13.0 Å². The van der Waals surface area contributed by atoms with Crippen molar-refractivity contribution in [3.63, 3.8) is 0 Å². The van der Waals surface area contributed by atoms with Crippen LogP contribution < -0.4 is 0 Å². The van der Waals surface area contributed by atoms with Crippen molar-refractivity contribution in [2.45, 2.75) is 53.2 Å². The van der Waals surface area contributed by atoms with Crippen LogP contribution in [-0.4, -0.2) is 14.9 Å². The van der Waals surface area contributed by atoms with Gasteiger partial charge in [0.15, 0.2) is 0 Å². The molecule has 1 N–H and O–H groups in total. The number of rotatable bonds is 3. The highest BCUT2D eigenvalue weighted by Crippen LogP contribution is 2.41. The molecule has 0 radical (unpaired) electrons. The van der Waals surface area contributed by atoms with Gasteiger partial charge < -0.3 is 5.11 Å². The van der Waals surface area contributed by atoms with Crippen LogP contribution in [0.15, 0.2) is 6.20 Å². The minimum absolute atomic E-state index is 0.290. The van der Waals surface area contributed by atoms with Crippen molar-refractivity contribution in [2.24, 2.45) is 5.41 Å². The highest BCUT2D eigenvalue weighted by molar-refractivity contribution is 6.31. The van der Waals surface area contributed by atoms with E-state index in [0.29, 0.717) is 10.7 Å². The Balaban J connectivity index is 3.25. The molecule has 0 aromatic carbocycles. The van der Waals surface area contributed by atoms with Crippen LogP contribution in [0, 0.1) is 5.41 Å². The second-order valence-electron chi connectivity index (χ2n) is 5.39. The molecule has 0 spiro atoms. The predicted molar refractivity (Wildman–Crippen MR) is 66.6 cm³/mol. The molecule has 0 aliphatic rings. The van der Waals surface area contributed by atoms with Crippen LogP contribution in [0.4, 0.5) is 0 Å². The van der Waals surface area contributed by atoms with E-state index in [1.807, 2.05) is 20.8 Å². The van der Waals surface area contributed by atoms with Gasteiger partial charge in [-0.25, -0.2) is 0 Å². The topological polar surface area (TPSA) is 38.0 Å². The third-order valence-electron chi connectivity index (χ3n) is 3.15. The number of hydrogen-bond donors (Lipinski definition) is 1. The van der Waals surface area contributed by atoms with E-state index in [-0.39, 0.29) is 5.41 Å². The summed E-state index contributed by atoms with van der Waals surface area (Å²) >= 11 is 6.13. The summed E-state index contributed by atoms with van der Waals surface area (Å²) in [7, 11) is 0. The van der Waals surface area contributed by atoms with E-state index in [9.17, 15) is 5.11 Å². The zero-order chi connectivity index (χ0) is 12.6. The van der Waals surface area contributed by atoms with Gasteiger partial charge in [-0.1, -0.05) is 39.3 Å². The van der Waals surface area contributed by atoms with Crippen LogP contribution >= 0.6 is 11.6 Å². The highest BCUT2D eigenvalue weighted by atomic mass is 35.5. The molecule has 1 heterocycles. The van der Waals surface area contributed by atoms with Gasteiger partial charge >= 0.3 is 0 Å². The average molecular weight is 245 g/mol. The third-order valence-corrected chi connectivity index (χ3v) is 3.43. The first-order chi connectivity index (χ1) is 7.21. The first-order valence-electron chi connectivity index (χ1n) is 5.66. The summed E-state index contributed by atoms with van der Waals surface area (Å²) in [6.07, 6.45) is 2.57. The fourth-order valence-electron chi connectivity index (χ4n) is 1.58. The monoisotopic (exact) mass is 244 g/mol. The lowest BCUT2D eigenvalue weighted by Gasteiger charge is -2.37. The van der Waals surface area contributed by atoms with Gasteiger partial charge in [0.2, 0.25) is 0 Å². The molecule has 1 aromatic rings. The molecular weight excluding hydrogens is 224 g/mol. The highest BCUT2D eigenvalue weighted by Gasteiger charge is 2.41. The number of nitrogens with zero attached hydrogens (tertiary/aromatic N) is 2. The van der Waals surface area contributed by atoms with Crippen LogP contribution in [0.3, 0.4) is 0 Å². The molecule has 0 saturated carbocycles. The molecule has 0 aliphatic heterocycles. The maximum Gasteiger partial charge on any atom is 0.110 e. The zero-order valence-corrected chi connectivity index (χ0v) is 11.5. The lowest BCUT2D eigenvalue weighted by molar-refractivity contribution is -0.0541. The number of aryl methyl sites for hydroxylation is 1. The summed E-state index contributed by atoms with van der Waals surface area (Å²) in [5, 5.41) is 15.4. The van der Waals surface area contributed by atoms with Crippen molar-refractivity contribution in [1.82, 2.24) is 9.78 Å². The normalized spacial score (nSPS) is 16.2. The Morgan fingerprint density at radius 3 is 2.38 bits per heavy atom. The molecule has 1 unspecified atom stereocenters. The first kappa shape index (κ1) is 13.5. The number of aromatic nitrogens is 2. The molecule has 16 heavy (non-hydrogen) atoms. The summed E-state index contributed by atoms with van der Waals surface area (Å²) in [5.41, 5.74) is -0.568. The standard InChI is InChI=1S/C12H21ClN2O/c1-6-7-15-10(9(13)8-14-15)12(5,16)11(2,3)4/h8,16H,6-7H2,1-5H3. The average Bonchev–Trinajstić information content (AvgIpc) is 2.46. The maximum absolute atomic E-state index is 10.7. The molecule has 0 bridgehead atoms. The number of hydrogen-bond acceptors (Lipinski definition) is 2. The largest absolute Gasteiger partial charge is 0.383 e. The summed E-state index contributed by atoms with van der Waals surface area (Å²) in [4.78, 5) is 0. The van der Waals surface area contributed by atoms with Crippen LogP contribution in [0.2, 0.25) is 5.02 Å². The third kappa shape index (κ3) is 2.25. The Kier molecular flexibility index (Phi) is 3.70. The second kappa shape index (κ2) is 4.38. The Hall–Kier alpha value is -0.540. The van der Waals surface area contributed by atoms with Gasteiger partial charge in [0, 0.05) is 6.54 Å². The molecular formula is C12H21ClN2O. The van der Waals surface area contributed by atoms with Crippen LogP contribution in [-0.2, 0) is 12.1 Å². The van der Waals surface area contributed by atoms with Gasteiger partial charge in [0.25, 0.3) is 0 Å². The Morgan fingerprint density at radius 1 is 1.38 bits per heavy atom. The Morgan fingerprint density at radius 2 is 1.94 bits per heavy atom. The van der Waals surface area contributed by atoms with E-state index >= 15 is 0 Å². The molecule has 1 aromatic heterocycles. The maximum atomic E-state index is 10.7. The minimum atomic E-state index is -0.990. The summed E-state index contributed by atoms with van der Waals surface area (Å²) in [5.74, 6) is 0. The van der Waals surface area contributed by atoms with Gasteiger partial charge in [-0.2, -0.15) is 5.10 Å². The second-order valence-corrected chi connectivity index (χ2v) is 5.79. The van der Waals surface area contributed by atoms with Crippen molar-refractivity contribution in [1.29, 1.82) is 0 Å². The number of aliphatic hydroxyl groups is 1. The van der Waals surface area contributed by atoms with Gasteiger partial charge in [-0.15, -0.1) is 0 Å². The summed E-state index contributed by atoms with van der Waals surface area (Å²) in [6, 6.07) is 0. The van der Waals surface area contributed by atoms with E-state index in [2.05, 4.69) is 12.0 Å². The molecule has 1 rings (SSSR count). The number of halogens is 1. The fourth-order valence-corrected chi connectivity index (χ4v) is 1.91. The smallest absolute Gasteiger partial charge is 0.110 e. The van der Waals surface area contributed by atoms with Gasteiger partial charge in [0.1, 0.15) is 5.60 Å². The predicted octanol–water partition coefficient (Wildman–Crippen LogP) is 3.20. The zero-order valence-electron chi connectivity index (χ0n) is 10.7. The van der Waals surface area contributed by atoms with E-state index < -0.39 is 5.60 Å². The first-order valence-corrected chi connectivity index (χ1v) is 6.03. The van der Waals surface area contributed by atoms with Crippen molar-refractivity contribution >= 4 is 11.6 Å². The molecule has 1 atom stereocenters. The molecule has 3 nitrogen and oxygen atoms in total. The van der Waals surface area contributed by atoms with Crippen LogP contribution in [0.5, 0.6) is 0 Å². The SMILES string of the molecule is CCCn1ncc(Cl)c1C(C)(O)C(C)(C)C. The van der Waals surface area contributed by atoms with Crippen molar-refractivity contribution in [3.05, 3.63) is 16.9 Å². The molecule has 0 saturated heterocycles. The Bertz CT molecular complexity index is 364. The quantitative estimate of drug-likeness (QED) is 0.887. The lowest BCUT2D eigenvalue weighted by Crippen LogP contribution is -2.39. The van der Waals surface area contributed by atoms with E-state index in [1.165, 1.54) is 0 Å². The Labute approximate surface area is 102 Å². The molecule has 0 fully saturated rings. The summed E-state index contributed by atoms with van der Waals surface area (Å²) < 4.78 is 1.80. The fraction of sp³-hybridized carbons (Fsp3) is 0.750. The molecule has 0 aliphatic carbocycles. The molecule has 4 heteroatoms. The minimum Gasteiger partial charge on any atom is -0.383 e.